The van der Waals surface area contributed by atoms with E-state index in [9.17, 15) is 4.79 Å². The summed E-state index contributed by atoms with van der Waals surface area (Å²) in [6.07, 6.45) is 7.35. The second-order valence-corrected chi connectivity index (χ2v) is 6.35. The number of alkyl halides is 1. The molecule has 0 saturated carbocycles. The van der Waals surface area contributed by atoms with Gasteiger partial charge in [-0.05, 0) is 44.1 Å². The molecule has 110 valence electrons. The van der Waals surface area contributed by atoms with Crippen molar-refractivity contribution < 1.29 is 4.79 Å². The van der Waals surface area contributed by atoms with Crippen LogP contribution in [0.25, 0.3) is 0 Å². The van der Waals surface area contributed by atoms with Gasteiger partial charge in [0.15, 0.2) is 0 Å². The zero-order valence-corrected chi connectivity index (χ0v) is 13.6. The third kappa shape index (κ3) is 4.62. The van der Waals surface area contributed by atoms with Crippen LogP contribution in [0, 0.1) is 0 Å². The summed E-state index contributed by atoms with van der Waals surface area (Å²) in [5, 5.41) is 1.04. The minimum Gasteiger partial charge on any atom is -0.340 e. The molecule has 1 amide bonds. The second kappa shape index (κ2) is 8.46. The highest BCUT2D eigenvalue weighted by Gasteiger charge is 2.27. The predicted octanol–water partition coefficient (Wildman–Crippen LogP) is 4.18. The van der Waals surface area contributed by atoms with Crippen LogP contribution in [0.3, 0.4) is 0 Å². The number of carbonyl (C=O) groups excluding carboxylic acids is 1. The van der Waals surface area contributed by atoms with Gasteiger partial charge < -0.3 is 4.90 Å². The molecule has 0 radical (unpaired) electrons. The lowest BCUT2D eigenvalue weighted by Gasteiger charge is -2.24. The summed E-state index contributed by atoms with van der Waals surface area (Å²) in [5.41, 5.74) is 1.33. The second-order valence-electron chi connectivity index (χ2n) is 5.55. The average Bonchev–Trinajstić information content (AvgIpc) is 2.94. The lowest BCUT2D eigenvalue weighted by atomic mass is 10.1. The minimum atomic E-state index is 0.359. The van der Waals surface area contributed by atoms with E-state index in [1.54, 1.807) is 0 Å². The Morgan fingerprint density at radius 3 is 2.80 bits per heavy atom. The number of benzene rings is 1. The first-order chi connectivity index (χ1) is 9.81. The Kier molecular flexibility index (Phi) is 6.58. The number of rotatable bonds is 7. The Labute approximate surface area is 130 Å². The number of likely N-dealkylation sites (tertiary alicyclic amines) is 1. The van der Waals surface area contributed by atoms with Crippen molar-refractivity contribution in [2.75, 3.05) is 11.9 Å². The fourth-order valence-electron chi connectivity index (χ4n) is 3.01. The molecule has 0 aromatic heterocycles. The number of nitrogens with zero attached hydrogens (tertiary/aromatic N) is 1. The maximum Gasteiger partial charge on any atom is 0.222 e. The van der Waals surface area contributed by atoms with Crippen molar-refractivity contribution in [3.8, 4) is 0 Å². The molecule has 3 heteroatoms. The number of hydrogen-bond donors (Lipinski definition) is 0. The van der Waals surface area contributed by atoms with Crippen molar-refractivity contribution >= 4 is 21.8 Å². The molecular weight excluding hydrogens is 314 g/mol. The molecule has 20 heavy (non-hydrogen) atoms. The van der Waals surface area contributed by atoms with Gasteiger partial charge in [0.1, 0.15) is 0 Å². The average molecular weight is 338 g/mol. The van der Waals surface area contributed by atoms with Gasteiger partial charge >= 0.3 is 0 Å². The number of amides is 1. The number of carbonyl (C=O) groups is 1. The molecule has 1 saturated heterocycles. The van der Waals surface area contributed by atoms with Crippen LogP contribution in [0.5, 0.6) is 0 Å². The predicted molar refractivity (Wildman–Crippen MR) is 87.1 cm³/mol. The van der Waals surface area contributed by atoms with Gasteiger partial charge in [0.05, 0.1) is 0 Å². The SMILES string of the molecule is O=C(CCCc1ccccc1)N1CCCC1CCCBr. The smallest absolute Gasteiger partial charge is 0.222 e. The molecule has 1 aliphatic heterocycles. The van der Waals surface area contributed by atoms with Gasteiger partial charge in [-0.1, -0.05) is 46.3 Å². The standard InChI is InChI=1S/C17H24BrNO/c18-13-5-10-16-11-6-14-19(16)17(20)12-4-9-15-7-2-1-3-8-15/h1-3,7-8,16H,4-6,9-14H2. The first kappa shape index (κ1) is 15.6. The van der Waals surface area contributed by atoms with Crippen LogP contribution in [0.4, 0.5) is 0 Å². The monoisotopic (exact) mass is 337 g/mol. The van der Waals surface area contributed by atoms with E-state index in [-0.39, 0.29) is 0 Å². The summed E-state index contributed by atoms with van der Waals surface area (Å²) in [4.78, 5) is 14.5. The summed E-state index contributed by atoms with van der Waals surface area (Å²) in [6.45, 7) is 0.969. The highest BCUT2D eigenvalue weighted by atomic mass is 79.9. The van der Waals surface area contributed by atoms with Crippen LogP contribution in [-0.4, -0.2) is 28.7 Å². The molecule has 1 aromatic rings. The highest BCUT2D eigenvalue weighted by molar-refractivity contribution is 9.09. The van der Waals surface area contributed by atoms with Gasteiger partial charge in [-0.25, -0.2) is 0 Å². The Morgan fingerprint density at radius 1 is 1.25 bits per heavy atom. The van der Waals surface area contributed by atoms with Crippen molar-refractivity contribution in [2.45, 2.75) is 51.0 Å². The summed E-state index contributed by atoms with van der Waals surface area (Å²) < 4.78 is 0. The lowest BCUT2D eigenvalue weighted by Crippen LogP contribution is -2.35. The lowest BCUT2D eigenvalue weighted by molar-refractivity contribution is -0.132. The van der Waals surface area contributed by atoms with E-state index in [0.717, 1.165) is 31.1 Å². The van der Waals surface area contributed by atoms with Gasteiger partial charge in [-0.3, -0.25) is 4.79 Å². The largest absolute Gasteiger partial charge is 0.340 e. The van der Waals surface area contributed by atoms with E-state index in [1.807, 2.05) is 6.07 Å². The molecule has 0 bridgehead atoms. The van der Waals surface area contributed by atoms with Crippen molar-refractivity contribution in [1.82, 2.24) is 4.90 Å². The molecule has 1 atom stereocenters. The molecule has 0 aliphatic carbocycles. The summed E-state index contributed by atoms with van der Waals surface area (Å²) in [6, 6.07) is 10.9. The molecule has 1 heterocycles. The Morgan fingerprint density at radius 2 is 2.05 bits per heavy atom. The van der Waals surface area contributed by atoms with E-state index in [0.29, 0.717) is 18.4 Å². The van der Waals surface area contributed by atoms with Gasteiger partial charge in [-0.15, -0.1) is 0 Å². The molecule has 0 spiro atoms. The maximum atomic E-state index is 12.3. The van der Waals surface area contributed by atoms with Crippen molar-refractivity contribution in [3.63, 3.8) is 0 Å². The molecule has 2 nitrogen and oxygen atoms in total. The number of aryl methyl sites for hydroxylation is 1. The Bertz CT molecular complexity index is 407. The van der Waals surface area contributed by atoms with E-state index in [2.05, 4.69) is 45.1 Å². The van der Waals surface area contributed by atoms with Crippen molar-refractivity contribution in [1.29, 1.82) is 0 Å². The molecule has 1 unspecified atom stereocenters. The van der Waals surface area contributed by atoms with Crippen LogP contribution in [0.15, 0.2) is 30.3 Å². The normalized spacial score (nSPS) is 18.4. The summed E-state index contributed by atoms with van der Waals surface area (Å²) in [7, 11) is 0. The van der Waals surface area contributed by atoms with E-state index in [1.165, 1.54) is 24.8 Å². The van der Waals surface area contributed by atoms with Gasteiger partial charge in [0, 0.05) is 24.3 Å². The van der Waals surface area contributed by atoms with Crippen LogP contribution in [0.2, 0.25) is 0 Å². The maximum absolute atomic E-state index is 12.3. The fourth-order valence-corrected chi connectivity index (χ4v) is 3.33. The van der Waals surface area contributed by atoms with E-state index >= 15 is 0 Å². The van der Waals surface area contributed by atoms with Crippen LogP contribution >= 0.6 is 15.9 Å². The van der Waals surface area contributed by atoms with E-state index in [4.69, 9.17) is 0 Å². The summed E-state index contributed by atoms with van der Waals surface area (Å²) in [5.74, 6) is 0.359. The first-order valence-corrected chi connectivity index (χ1v) is 8.83. The Hall–Kier alpha value is -0.830. The topological polar surface area (TPSA) is 20.3 Å². The number of halogens is 1. The van der Waals surface area contributed by atoms with Crippen molar-refractivity contribution in [2.24, 2.45) is 0 Å². The molecule has 1 aromatic carbocycles. The zero-order valence-electron chi connectivity index (χ0n) is 12.1. The third-order valence-corrected chi connectivity index (χ3v) is 4.63. The zero-order chi connectivity index (χ0) is 14.2. The van der Waals surface area contributed by atoms with Crippen LogP contribution < -0.4 is 0 Å². The Balaban J connectivity index is 1.73. The number of hydrogen-bond acceptors (Lipinski definition) is 1. The molecule has 0 N–H and O–H groups in total. The van der Waals surface area contributed by atoms with Crippen molar-refractivity contribution in [3.05, 3.63) is 35.9 Å². The van der Waals surface area contributed by atoms with Gasteiger partial charge in [0.25, 0.3) is 0 Å². The van der Waals surface area contributed by atoms with Crippen LogP contribution in [-0.2, 0) is 11.2 Å². The molecule has 1 aliphatic rings. The summed E-state index contributed by atoms with van der Waals surface area (Å²) >= 11 is 3.48. The minimum absolute atomic E-state index is 0.359. The molecule has 2 rings (SSSR count). The van der Waals surface area contributed by atoms with E-state index < -0.39 is 0 Å². The third-order valence-electron chi connectivity index (χ3n) is 4.07. The van der Waals surface area contributed by atoms with Crippen LogP contribution in [0.1, 0.15) is 44.1 Å². The first-order valence-electron chi connectivity index (χ1n) is 7.70. The van der Waals surface area contributed by atoms with Gasteiger partial charge in [0.2, 0.25) is 5.91 Å². The quantitative estimate of drug-likeness (QED) is 0.683. The van der Waals surface area contributed by atoms with Gasteiger partial charge in [-0.2, -0.15) is 0 Å². The fraction of sp³-hybridized carbons (Fsp3) is 0.588. The highest BCUT2D eigenvalue weighted by Crippen LogP contribution is 2.23. The molecular formula is C17H24BrNO. The molecule has 1 fully saturated rings.